The number of amides is 2. The maximum absolute atomic E-state index is 12.8. The number of piperidine rings is 1. The van der Waals surface area contributed by atoms with Gasteiger partial charge in [-0.05, 0) is 43.2 Å². The molecule has 0 bridgehead atoms. The number of rotatable bonds is 6. The minimum absolute atomic E-state index is 0.0275. The highest BCUT2D eigenvalue weighted by molar-refractivity contribution is 6.00. The molecule has 0 radical (unpaired) electrons. The minimum Gasteiger partial charge on any atom is -0.508 e. The average Bonchev–Trinajstić information content (AvgIpc) is 3.46. The lowest BCUT2D eigenvalue weighted by atomic mass is 10.1. The summed E-state index contributed by atoms with van der Waals surface area (Å²) in [4.78, 5) is 37.9. The molecular formula is C24H26N8O3. The fraction of sp³-hybridized carbons (Fsp3) is 0.292. The fourth-order valence-corrected chi connectivity index (χ4v) is 4.59. The third-order valence-corrected chi connectivity index (χ3v) is 6.30. The molecule has 11 nitrogen and oxygen atoms in total. The predicted octanol–water partition coefficient (Wildman–Crippen LogP) is 2.12. The number of phenols is 1. The van der Waals surface area contributed by atoms with Gasteiger partial charge in [-0.25, -0.2) is 14.6 Å². The molecule has 180 valence electrons. The van der Waals surface area contributed by atoms with Crippen LogP contribution in [0.25, 0.3) is 33.3 Å². The first-order valence-corrected chi connectivity index (χ1v) is 11.4. The number of nitrogens with two attached hydrogens (primary N) is 1. The van der Waals surface area contributed by atoms with Crippen LogP contribution in [-0.2, 0) is 9.59 Å². The van der Waals surface area contributed by atoms with Crippen LogP contribution in [0.4, 0.5) is 5.82 Å². The van der Waals surface area contributed by atoms with Gasteiger partial charge in [-0.1, -0.05) is 6.58 Å². The van der Waals surface area contributed by atoms with E-state index in [1.807, 2.05) is 10.7 Å². The zero-order valence-corrected chi connectivity index (χ0v) is 19.1. The van der Waals surface area contributed by atoms with Crippen LogP contribution in [0.2, 0.25) is 0 Å². The molecule has 4 heterocycles. The Morgan fingerprint density at radius 1 is 1.31 bits per heavy atom. The van der Waals surface area contributed by atoms with Crippen molar-refractivity contribution >= 4 is 39.6 Å². The number of nitrogens with zero attached hydrogens (tertiary/aromatic N) is 5. The molecule has 0 unspecified atom stereocenters. The van der Waals surface area contributed by atoms with Gasteiger partial charge in [-0.15, -0.1) is 0 Å². The van der Waals surface area contributed by atoms with Crippen molar-refractivity contribution in [3.8, 4) is 17.1 Å². The van der Waals surface area contributed by atoms with E-state index in [1.54, 1.807) is 23.1 Å². The van der Waals surface area contributed by atoms with Crippen molar-refractivity contribution in [3.63, 3.8) is 0 Å². The monoisotopic (exact) mass is 474 g/mol. The number of nitrogen functional groups attached to an aromatic ring is 1. The first-order chi connectivity index (χ1) is 16.9. The molecule has 1 saturated heterocycles. The van der Waals surface area contributed by atoms with E-state index in [0.29, 0.717) is 35.6 Å². The zero-order valence-electron chi connectivity index (χ0n) is 19.1. The van der Waals surface area contributed by atoms with Crippen molar-refractivity contribution in [2.45, 2.75) is 25.3 Å². The summed E-state index contributed by atoms with van der Waals surface area (Å²) in [6.45, 7) is 4.81. The number of carbonyl (C=O) groups excluding carboxylic acids is 2. The van der Waals surface area contributed by atoms with E-state index >= 15 is 0 Å². The van der Waals surface area contributed by atoms with Gasteiger partial charge in [-0.3, -0.25) is 9.59 Å². The molecule has 3 aromatic heterocycles. The molecule has 0 aliphatic carbocycles. The molecule has 11 heteroatoms. The third kappa shape index (κ3) is 4.27. The Labute approximate surface area is 200 Å². The highest BCUT2D eigenvalue weighted by Crippen LogP contribution is 2.35. The zero-order chi connectivity index (χ0) is 24.5. The van der Waals surface area contributed by atoms with Crippen LogP contribution < -0.4 is 11.1 Å². The molecule has 1 aromatic carbocycles. The lowest BCUT2D eigenvalue weighted by Gasteiger charge is -2.33. The van der Waals surface area contributed by atoms with Gasteiger partial charge in [0.05, 0.1) is 17.1 Å². The second kappa shape index (κ2) is 9.09. The Balaban J connectivity index is 1.45. The number of hydrogen-bond acceptors (Lipinski definition) is 7. The summed E-state index contributed by atoms with van der Waals surface area (Å²) >= 11 is 0. The first kappa shape index (κ1) is 22.4. The largest absolute Gasteiger partial charge is 0.508 e. The number of H-pyrrole nitrogens is 1. The predicted molar refractivity (Wildman–Crippen MR) is 131 cm³/mol. The normalized spacial score (nSPS) is 16.0. The van der Waals surface area contributed by atoms with Gasteiger partial charge >= 0.3 is 0 Å². The van der Waals surface area contributed by atoms with Gasteiger partial charge in [0, 0.05) is 37.0 Å². The smallest absolute Gasteiger partial charge is 0.243 e. The van der Waals surface area contributed by atoms with Crippen molar-refractivity contribution in [1.29, 1.82) is 0 Å². The minimum atomic E-state index is -0.297. The number of aromatic amines is 1. The molecule has 1 fully saturated rings. The molecule has 5 N–H and O–H groups in total. The number of likely N-dealkylation sites (tertiary alicyclic amines) is 1. The summed E-state index contributed by atoms with van der Waals surface area (Å²) in [5, 5.41) is 18.8. The molecule has 35 heavy (non-hydrogen) atoms. The number of aromatic nitrogens is 5. The first-order valence-electron chi connectivity index (χ1n) is 11.4. The lowest BCUT2D eigenvalue weighted by molar-refractivity contribution is -0.132. The van der Waals surface area contributed by atoms with E-state index in [0.717, 1.165) is 29.4 Å². The van der Waals surface area contributed by atoms with Crippen LogP contribution in [0.3, 0.4) is 0 Å². The van der Waals surface area contributed by atoms with Gasteiger partial charge in [0.25, 0.3) is 0 Å². The number of nitrogens with one attached hydrogen (secondary N) is 2. The quantitative estimate of drug-likeness (QED) is 0.312. The second-order valence-corrected chi connectivity index (χ2v) is 8.59. The summed E-state index contributed by atoms with van der Waals surface area (Å²) < 4.78 is 1.84. The Morgan fingerprint density at radius 2 is 2.17 bits per heavy atom. The molecule has 5 rings (SSSR count). The molecule has 1 aliphatic rings. The number of phenolic OH excluding ortho intramolecular Hbond substituents is 1. The molecule has 1 atom stereocenters. The van der Waals surface area contributed by atoms with Crippen LogP contribution in [0.15, 0.2) is 43.2 Å². The lowest BCUT2D eigenvalue weighted by Crippen LogP contribution is -2.42. The number of hydrogen-bond donors (Lipinski definition) is 4. The van der Waals surface area contributed by atoms with Gasteiger partial charge in [-0.2, -0.15) is 5.10 Å². The van der Waals surface area contributed by atoms with E-state index < -0.39 is 0 Å². The Hall–Kier alpha value is -4.41. The van der Waals surface area contributed by atoms with Gasteiger partial charge in [0.2, 0.25) is 11.8 Å². The van der Waals surface area contributed by atoms with Crippen LogP contribution in [0.1, 0.15) is 25.3 Å². The van der Waals surface area contributed by atoms with Crippen LogP contribution in [0, 0.1) is 0 Å². The summed E-state index contributed by atoms with van der Waals surface area (Å²) in [5.41, 5.74) is 9.07. The second-order valence-electron chi connectivity index (χ2n) is 8.59. The molecule has 1 aliphatic heterocycles. The summed E-state index contributed by atoms with van der Waals surface area (Å²) in [6, 6.07) is 6.91. The van der Waals surface area contributed by atoms with Crippen LogP contribution in [0.5, 0.6) is 5.75 Å². The van der Waals surface area contributed by atoms with Crippen molar-refractivity contribution in [2.24, 2.45) is 0 Å². The van der Waals surface area contributed by atoms with E-state index in [-0.39, 0.29) is 36.6 Å². The van der Waals surface area contributed by atoms with Crippen LogP contribution >= 0.6 is 0 Å². The van der Waals surface area contributed by atoms with Crippen molar-refractivity contribution < 1.29 is 14.7 Å². The van der Waals surface area contributed by atoms with Gasteiger partial charge < -0.3 is 26.0 Å². The van der Waals surface area contributed by atoms with E-state index in [4.69, 9.17) is 10.8 Å². The van der Waals surface area contributed by atoms with Crippen molar-refractivity contribution in [2.75, 3.05) is 25.4 Å². The van der Waals surface area contributed by atoms with E-state index in [1.165, 1.54) is 12.4 Å². The van der Waals surface area contributed by atoms with Crippen LogP contribution in [-0.4, -0.2) is 66.2 Å². The maximum Gasteiger partial charge on any atom is 0.243 e. The number of benzene rings is 1. The third-order valence-electron chi connectivity index (χ3n) is 6.30. The number of carbonyl (C=O) groups is 2. The van der Waals surface area contributed by atoms with Gasteiger partial charge in [0.15, 0.2) is 5.65 Å². The van der Waals surface area contributed by atoms with E-state index in [9.17, 15) is 14.7 Å². The van der Waals surface area contributed by atoms with E-state index in [2.05, 4.69) is 26.8 Å². The van der Waals surface area contributed by atoms with Crippen molar-refractivity contribution in [1.82, 2.24) is 34.9 Å². The Morgan fingerprint density at radius 3 is 3.00 bits per heavy atom. The van der Waals surface area contributed by atoms with Gasteiger partial charge in [0.1, 0.15) is 23.6 Å². The summed E-state index contributed by atoms with van der Waals surface area (Å²) in [5.74, 6) is 0.173. The summed E-state index contributed by atoms with van der Waals surface area (Å²) in [6.07, 6.45) is 4.46. The molecule has 0 spiro atoms. The summed E-state index contributed by atoms with van der Waals surface area (Å²) in [7, 11) is 0. The molecular weight excluding hydrogens is 448 g/mol. The topological polar surface area (TPSA) is 155 Å². The van der Waals surface area contributed by atoms with Crippen molar-refractivity contribution in [3.05, 3.63) is 43.2 Å². The fourth-order valence-electron chi connectivity index (χ4n) is 4.59. The molecule has 0 saturated carbocycles. The number of anilines is 1. The highest BCUT2D eigenvalue weighted by atomic mass is 16.3. The highest BCUT2D eigenvalue weighted by Gasteiger charge is 2.29. The molecule has 4 aromatic rings. The Kier molecular flexibility index (Phi) is 5.81. The standard InChI is InChI=1S/C24H26N8O3/c1-2-19(34)26-8-7-20(35)31-9-3-4-15(12-31)32-24-21(23(25)27-13-28-24)22(30-32)18-11-14-10-16(33)5-6-17(14)29-18/h2,5-6,10-11,13,15,29,33H,1,3-4,7-9,12H2,(H,26,34)(H2,25,27,28)/t15-/m1/s1. The SMILES string of the molecule is C=CC(=O)NCCC(=O)N1CCC[C@@H](n2nc(-c3cc4cc(O)ccc4[nH]3)c3c(N)ncnc32)C1. The number of fused-ring (bicyclic) bond motifs is 2. The number of aromatic hydroxyl groups is 1. The maximum atomic E-state index is 12.8. The average molecular weight is 475 g/mol. The Bertz CT molecular complexity index is 1440. The molecule has 2 amide bonds.